The van der Waals surface area contributed by atoms with Crippen molar-refractivity contribution >= 4 is 61.7 Å². The first-order valence-electron chi connectivity index (χ1n) is 12.2. The van der Waals surface area contributed by atoms with Gasteiger partial charge in [0.25, 0.3) is 11.5 Å². The molecule has 1 aliphatic heterocycles. The van der Waals surface area contributed by atoms with E-state index >= 15 is 0 Å². The van der Waals surface area contributed by atoms with Gasteiger partial charge in [0.05, 0.1) is 27.9 Å². The third kappa shape index (κ3) is 4.80. The molecule has 1 N–H and O–H groups in total. The molecule has 0 saturated heterocycles. The van der Waals surface area contributed by atoms with Crippen LogP contribution < -0.4 is 5.56 Å². The molecule has 1 atom stereocenters. The molecule has 192 valence electrons. The average molecular weight is 617 g/mol. The molecular formula is C31H20BrCl2N3O2. The third-order valence-electron chi connectivity index (χ3n) is 6.79. The summed E-state index contributed by atoms with van der Waals surface area (Å²) >= 11 is 16.1. The second-order valence-electron chi connectivity index (χ2n) is 9.21. The molecule has 0 saturated carbocycles. The van der Waals surface area contributed by atoms with Crippen molar-refractivity contribution in [2.24, 2.45) is 5.10 Å². The van der Waals surface area contributed by atoms with E-state index in [2.05, 4.69) is 20.9 Å². The maximum absolute atomic E-state index is 13.8. The lowest BCUT2D eigenvalue weighted by molar-refractivity contribution is 0.0711. The zero-order valence-electron chi connectivity index (χ0n) is 20.4. The van der Waals surface area contributed by atoms with E-state index in [-0.39, 0.29) is 22.1 Å². The molecule has 5 nitrogen and oxygen atoms in total. The van der Waals surface area contributed by atoms with Crippen LogP contribution in [0.15, 0.2) is 111 Å². The van der Waals surface area contributed by atoms with Crippen LogP contribution in [-0.4, -0.2) is 21.6 Å². The van der Waals surface area contributed by atoms with Crippen LogP contribution in [0, 0.1) is 0 Å². The molecule has 6 rings (SSSR count). The van der Waals surface area contributed by atoms with Gasteiger partial charge in [-0.2, -0.15) is 5.10 Å². The van der Waals surface area contributed by atoms with E-state index in [9.17, 15) is 9.59 Å². The Labute approximate surface area is 242 Å². The Balaban J connectivity index is 1.57. The number of benzene rings is 4. The highest BCUT2D eigenvalue weighted by atomic mass is 79.9. The van der Waals surface area contributed by atoms with Crippen LogP contribution in [0.25, 0.3) is 22.0 Å². The van der Waals surface area contributed by atoms with Crippen LogP contribution in [0.5, 0.6) is 0 Å². The Morgan fingerprint density at radius 2 is 1.62 bits per heavy atom. The van der Waals surface area contributed by atoms with Crippen LogP contribution in [-0.2, 0) is 0 Å². The Morgan fingerprint density at radius 3 is 2.33 bits per heavy atom. The molecule has 1 amide bonds. The van der Waals surface area contributed by atoms with Gasteiger partial charge in [-0.3, -0.25) is 9.59 Å². The van der Waals surface area contributed by atoms with Gasteiger partial charge in [-0.25, -0.2) is 5.01 Å². The van der Waals surface area contributed by atoms with Crippen molar-refractivity contribution in [2.45, 2.75) is 12.5 Å². The number of pyridine rings is 1. The normalized spacial score (nSPS) is 15.0. The van der Waals surface area contributed by atoms with Crippen molar-refractivity contribution in [3.63, 3.8) is 0 Å². The van der Waals surface area contributed by atoms with Crippen molar-refractivity contribution in [2.75, 3.05) is 0 Å². The number of halogens is 3. The van der Waals surface area contributed by atoms with Gasteiger partial charge < -0.3 is 4.98 Å². The van der Waals surface area contributed by atoms with Crippen LogP contribution in [0.4, 0.5) is 0 Å². The Hall–Kier alpha value is -3.71. The number of aromatic amines is 1. The number of aromatic nitrogens is 1. The minimum Gasteiger partial charge on any atom is -0.321 e. The van der Waals surface area contributed by atoms with E-state index in [0.717, 1.165) is 26.5 Å². The number of fused-ring (bicyclic) bond motifs is 1. The van der Waals surface area contributed by atoms with Gasteiger partial charge in [-0.1, -0.05) is 99.8 Å². The zero-order valence-corrected chi connectivity index (χ0v) is 23.5. The molecule has 8 heteroatoms. The van der Waals surface area contributed by atoms with Crippen molar-refractivity contribution in [3.05, 3.63) is 139 Å². The monoisotopic (exact) mass is 615 g/mol. The summed E-state index contributed by atoms with van der Waals surface area (Å²) in [4.78, 5) is 30.6. The maximum Gasteiger partial charge on any atom is 0.276 e. The Kier molecular flexibility index (Phi) is 6.85. The van der Waals surface area contributed by atoms with Gasteiger partial charge in [-0.15, -0.1) is 0 Å². The topological polar surface area (TPSA) is 65.5 Å². The largest absolute Gasteiger partial charge is 0.321 e. The van der Waals surface area contributed by atoms with Crippen LogP contribution in [0.3, 0.4) is 0 Å². The summed E-state index contributed by atoms with van der Waals surface area (Å²) in [5, 5.41) is 7.78. The Bertz CT molecular complexity index is 1820. The van der Waals surface area contributed by atoms with E-state index in [4.69, 9.17) is 28.3 Å². The molecule has 1 aromatic heterocycles. The number of H-pyrrole nitrogens is 1. The summed E-state index contributed by atoms with van der Waals surface area (Å²) in [5.74, 6) is -0.373. The van der Waals surface area contributed by atoms with Gasteiger partial charge in [0.15, 0.2) is 0 Å². The summed E-state index contributed by atoms with van der Waals surface area (Å²) in [6.07, 6.45) is 0.351. The number of carbonyl (C=O) groups excluding carboxylic acids is 1. The molecule has 0 radical (unpaired) electrons. The number of hydrogen-bond donors (Lipinski definition) is 1. The first-order valence-corrected chi connectivity index (χ1v) is 13.8. The molecule has 1 aliphatic rings. The molecule has 0 unspecified atom stereocenters. The molecule has 2 heterocycles. The van der Waals surface area contributed by atoms with E-state index in [1.54, 1.807) is 12.1 Å². The SMILES string of the molecule is O=C(c1ccc(Cl)cc1Cl)N1N=C(c2c(-c3ccccc3)c3cc(Br)ccc3[nH]c2=O)C[C@H]1c1ccccc1. The molecule has 0 bridgehead atoms. The lowest BCUT2D eigenvalue weighted by Gasteiger charge is -2.22. The van der Waals surface area contributed by atoms with E-state index < -0.39 is 6.04 Å². The fraction of sp³-hybridized carbons (Fsp3) is 0.0645. The fourth-order valence-corrected chi connectivity index (χ4v) is 5.87. The summed E-state index contributed by atoms with van der Waals surface area (Å²) < 4.78 is 0.884. The third-order valence-corrected chi connectivity index (χ3v) is 7.83. The minimum absolute atomic E-state index is 0.237. The first kappa shape index (κ1) is 25.6. The van der Waals surface area contributed by atoms with Crippen LogP contribution in [0.1, 0.15) is 33.9 Å². The van der Waals surface area contributed by atoms with E-state index in [0.29, 0.717) is 28.2 Å². The molecule has 0 fully saturated rings. The quantitative estimate of drug-likeness (QED) is 0.221. The Morgan fingerprint density at radius 1 is 0.897 bits per heavy atom. The fourth-order valence-electron chi connectivity index (χ4n) is 5.02. The number of amides is 1. The van der Waals surface area contributed by atoms with Gasteiger partial charge in [0.1, 0.15) is 0 Å². The molecule has 0 spiro atoms. The molecule has 5 aromatic rings. The van der Waals surface area contributed by atoms with Gasteiger partial charge in [0, 0.05) is 32.4 Å². The number of rotatable bonds is 4. The zero-order chi connectivity index (χ0) is 27.1. The summed E-state index contributed by atoms with van der Waals surface area (Å²) in [5.41, 5.74) is 4.22. The van der Waals surface area contributed by atoms with Gasteiger partial charge in [0.2, 0.25) is 0 Å². The molecule has 39 heavy (non-hydrogen) atoms. The second kappa shape index (κ2) is 10.5. The first-order chi connectivity index (χ1) is 18.9. The van der Waals surface area contributed by atoms with Crippen molar-refractivity contribution < 1.29 is 4.79 Å². The molecular weight excluding hydrogens is 597 g/mol. The number of hydrogen-bond acceptors (Lipinski definition) is 3. The highest BCUT2D eigenvalue weighted by Crippen LogP contribution is 2.38. The minimum atomic E-state index is -0.429. The van der Waals surface area contributed by atoms with Gasteiger partial charge in [-0.05, 0) is 47.5 Å². The lowest BCUT2D eigenvalue weighted by atomic mass is 9.91. The molecule has 0 aliphatic carbocycles. The predicted molar refractivity (Wildman–Crippen MR) is 161 cm³/mol. The van der Waals surface area contributed by atoms with Crippen molar-refractivity contribution in [3.8, 4) is 11.1 Å². The summed E-state index contributed by atoms with van der Waals surface area (Å²) in [6.45, 7) is 0. The highest BCUT2D eigenvalue weighted by molar-refractivity contribution is 9.10. The number of nitrogens with one attached hydrogen (secondary N) is 1. The van der Waals surface area contributed by atoms with Crippen molar-refractivity contribution in [1.82, 2.24) is 9.99 Å². The highest BCUT2D eigenvalue weighted by Gasteiger charge is 2.36. The summed E-state index contributed by atoms with van der Waals surface area (Å²) in [7, 11) is 0. The standard InChI is InChI=1S/C31H20BrCl2N3O2/c32-20-11-14-25-23(15-20)28(19-9-5-2-6-10-19)29(30(38)35-25)26-17-27(18-7-3-1-4-8-18)37(36-26)31(39)22-13-12-21(33)16-24(22)34/h1-16,27H,17H2,(H,35,38)/t27-/m0/s1. The summed E-state index contributed by atoms with van der Waals surface area (Å²) in [6, 6.07) is 29.5. The predicted octanol–water partition coefficient (Wildman–Crippen LogP) is 8.26. The van der Waals surface area contributed by atoms with Gasteiger partial charge >= 0.3 is 0 Å². The van der Waals surface area contributed by atoms with Crippen molar-refractivity contribution in [1.29, 1.82) is 0 Å². The number of carbonyl (C=O) groups is 1. The van der Waals surface area contributed by atoms with E-state index in [1.165, 1.54) is 11.1 Å². The van der Waals surface area contributed by atoms with E-state index in [1.807, 2.05) is 78.9 Å². The van der Waals surface area contributed by atoms with Crippen LogP contribution in [0.2, 0.25) is 10.0 Å². The number of hydrazone groups is 1. The second-order valence-corrected chi connectivity index (χ2v) is 11.0. The average Bonchev–Trinajstić information content (AvgIpc) is 3.38. The lowest BCUT2D eigenvalue weighted by Crippen LogP contribution is -2.27. The smallest absolute Gasteiger partial charge is 0.276 e. The molecule has 4 aromatic carbocycles. The number of nitrogens with zero attached hydrogens (tertiary/aromatic N) is 2. The van der Waals surface area contributed by atoms with Crippen LogP contribution >= 0.6 is 39.1 Å². The maximum atomic E-state index is 13.8.